The average molecular weight is 270 g/mol. The lowest BCUT2D eigenvalue weighted by Gasteiger charge is -2.31. The molecule has 19 heavy (non-hydrogen) atoms. The van der Waals surface area contributed by atoms with Crippen LogP contribution in [-0.2, 0) is 9.53 Å². The molecule has 1 rings (SSSR count). The molecule has 1 fully saturated rings. The van der Waals surface area contributed by atoms with Crippen molar-refractivity contribution in [3.05, 3.63) is 0 Å². The molecule has 0 aromatic carbocycles. The van der Waals surface area contributed by atoms with Crippen molar-refractivity contribution in [2.75, 3.05) is 26.2 Å². The molecule has 112 valence electrons. The first-order chi connectivity index (χ1) is 8.99. The Morgan fingerprint density at radius 3 is 2.58 bits per heavy atom. The summed E-state index contributed by atoms with van der Waals surface area (Å²) in [5.41, 5.74) is -0.200. The lowest BCUT2D eigenvalue weighted by atomic mass is 9.75. The molecule has 0 aliphatic carbocycles. The van der Waals surface area contributed by atoms with Gasteiger partial charge in [0.25, 0.3) is 0 Å². The lowest BCUT2D eigenvalue weighted by molar-refractivity contribution is -0.132. The quantitative estimate of drug-likeness (QED) is 0.663. The summed E-state index contributed by atoms with van der Waals surface area (Å²) in [5.74, 6) is 0.601. The Morgan fingerprint density at radius 1 is 1.32 bits per heavy atom. The summed E-state index contributed by atoms with van der Waals surface area (Å²) in [4.78, 5) is 12.4. The van der Waals surface area contributed by atoms with E-state index in [2.05, 4.69) is 24.5 Å². The van der Waals surface area contributed by atoms with E-state index < -0.39 is 0 Å². The van der Waals surface area contributed by atoms with E-state index >= 15 is 0 Å². The number of unbranched alkanes of at least 4 members (excludes halogenated alkanes) is 1. The van der Waals surface area contributed by atoms with Crippen LogP contribution in [0.15, 0.2) is 0 Å². The molecule has 2 N–H and O–H groups in total. The van der Waals surface area contributed by atoms with Crippen LogP contribution in [0, 0.1) is 11.3 Å². The molecule has 0 spiro atoms. The zero-order valence-electron chi connectivity index (χ0n) is 12.9. The molecule has 0 bridgehead atoms. The highest BCUT2D eigenvalue weighted by Crippen LogP contribution is 2.34. The number of nitrogens with one attached hydrogen (secondary N) is 2. The molecule has 1 amide bonds. The maximum atomic E-state index is 12.4. The van der Waals surface area contributed by atoms with Gasteiger partial charge in [0, 0.05) is 19.7 Å². The van der Waals surface area contributed by atoms with Crippen molar-refractivity contribution in [3.63, 3.8) is 0 Å². The van der Waals surface area contributed by atoms with E-state index in [0.717, 1.165) is 45.5 Å². The Balaban J connectivity index is 2.23. The summed E-state index contributed by atoms with van der Waals surface area (Å²) in [6.45, 7) is 11.7. The minimum Gasteiger partial charge on any atom is -0.379 e. The second-order valence-corrected chi connectivity index (χ2v) is 6.12. The second-order valence-electron chi connectivity index (χ2n) is 6.12. The van der Waals surface area contributed by atoms with Crippen LogP contribution in [0.4, 0.5) is 0 Å². The van der Waals surface area contributed by atoms with Crippen molar-refractivity contribution >= 4 is 5.91 Å². The molecule has 1 aliphatic heterocycles. The van der Waals surface area contributed by atoms with Gasteiger partial charge in [0.15, 0.2) is 0 Å². The Morgan fingerprint density at radius 2 is 2.05 bits per heavy atom. The molecule has 1 aliphatic rings. The zero-order chi connectivity index (χ0) is 14.3. The van der Waals surface area contributed by atoms with Gasteiger partial charge in [-0.1, -0.05) is 13.8 Å². The largest absolute Gasteiger partial charge is 0.379 e. The maximum Gasteiger partial charge on any atom is 0.227 e. The molecular formula is C15H30N2O2. The molecule has 4 heteroatoms. The van der Waals surface area contributed by atoms with Crippen molar-refractivity contribution in [2.24, 2.45) is 11.3 Å². The number of rotatable bonds is 8. The number of ether oxygens (including phenoxy) is 1. The number of carbonyl (C=O) groups excluding carboxylic acids is 1. The van der Waals surface area contributed by atoms with Crippen LogP contribution < -0.4 is 10.6 Å². The van der Waals surface area contributed by atoms with Crippen molar-refractivity contribution in [1.82, 2.24) is 10.6 Å². The predicted molar refractivity (Wildman–Crippen MR) is 78.1 cm³/mol. The molecule has 1 saturated heterocycles. The highest BCUT2D eigenvalue weighted by atomic mass is 16.5. The average Bonchev–Trinajstić information content (AvgIpc) is 2.83. The van der Waals surface area contributed by atoms with E-state index in [1.54, 1.807) is 0 Å². The Kier molecular flexibility index (Phi) is 6.80. The summed E-state index contributed by atoms with van der Waals surface area (Å²) in [7, 11) is 0. The molecule has 1 atom stereocenters. The minimum atomic E-state index is -0.200. The van der Waals surface area contributed by atoms with Gasteiger partial charge in [-0.05, 0) is 45.6 Å². The zero-order valence-corrected chi connectivity index (χ0v) is 12.9. The number of hydrogen-bond acceptors (Lipinski definition) is 3. The summed E-state index contributed by atoms with van der Waals surface area (Å²) in [5, 5.41) is 6.42. The van der Waals surface area contributed by atoms with Gasteiger partial charge >= 0.3 is 0 Å². The first kappa shape index (κ1) is 16.4. The standard InChI is InChI=1S/C15H30N2O2/c1-12(2)15(7-9-16-11-15)14(18)17-8-5-6-10-19-13(3)4/h12-13,16H,5-11H2,1-4H3,(H,17,18). The van der Waals surface area contributed by atoms with Gasteiger partial charge in [0.05, 0.1) is 11.5 Å². The van der Waals surface area contributed by atoms with Crippen LogP contribution in [-0.4, -0.2) is 38.3 Å². The van der Waals surface area contributed by atoms with Crippen molar-refractivity contribution in [2.45, 2.75) is 53.1 Å². The van der Waals surface area contributed by atoms with Gasteiger partial charge in [0.1, 0.15) is 0 Å². The highest BCUT2D eigenvalue weighted by molar-refractivity contribution is 5.83. The van der Waals surface area contributed by atoms with Crippen molar-refractivity contribution < 1.29 is 9.53 Å². The van der Waals surface area contributed by atoms with Gasteiger partial charge in [-0.3, -0.25) is 4.79 Å². The molecule has 0 aromatic heterocycles. The fraction of sp³-hybridized carbons (Fsp3) is 0.933. The van der Waals surface area contributed by atoms with Gasteiger partial charge in [-0.15, -0.1) is 0 Å². The summed E-state index contributed by atoms with van der Waals surface area (Å²) < 4.78 is 5.48. The van der Waals surface area contributed by atoms with Gasteiger partial charge in [0.2, 0.25) is 5.91 Å². The van der Waals surface area contributed by atoms with E-state index in [1.807, 2.05) is 13.8 Å². The smallest absolute Gasteiger partial charge is 0.227 e. The van der Waals surface area contributed by atoms with E-state index in [-0.39, 0.29) is 11.3 Å². The summed E-state index contributed by atoms with van der Waals surface area (Å²) in [6, 6.07) is 0. The van der Waals surface area contributed by atoms with E-state index in [4.69, 9.17) is 4.74 Å². The molecule has 1 unspecified atom stereocenters. The van der Waals surface area contributed by atoms with Crippen molar-refractivity contribution in [1.29, 1.82) is 0 Å². The topological polar surface area (TPSA) is 50.4 Å². The van der Waals surface area contributed by atoms with E-state index in [1.165, 1.54) is 0 Å². The van der Waals surface area contributed by atoms with Crippen LogP contribution in [0.5, 0.6) is 0 Å². The minimum absolute atomic E-state index is 0.200. The van der Waals surface area contributed by atoms with E-state index in [9.17, 15) is 4.79 Å². The van der Waals surface area contributed by atoms with Crippen LogP contribution in [0.1, 0.15) is 47.0 Å². The first-order valence-corrected chi connectivity index (χ1v) is 7.59. The highest BCUT2D eigenvalue weighted by Gasteiger charge is 2.43. The molecule has 0 saturated carbocycles. The third-order valence-corrected chi connectivity index (χ3v) is 4.05. The first-order valence-electron chi connectivity index (χ1n) is 7.59. The number of carbonyl (C=O) groups is 1. The summed E-state index contributed by atoms with van der Waals surface area (Å²) >= 11 is 0. The Hall–Kier alpha value is -0.610. The third-order valence-electron chi connectivity index (χ3n) is 4.05. The molecule has 0 radical (unpaired) electrons. The Labute approximate surface area is 117 Å². The van der Waals surface area contributed by atoms with Gasteiger partial charge in [-0.25, -0.2) is 0 Å². The predicted octanol–water partition coefficient (Wildman–Crippen LogP) is 1.94. The normalized spacial score (nSPS) is 23.3. The third kappa shape index (κ3) is 4.77. The number of amides is 1. The van der Waals surface area contributed by atoms with Gasteiger partial charge in [-0.2, -0.15) is 0 Å². The lowest BCUT2D eigenvalue weighted by Crippen LogP contribution is -2.46. The molecule has 0 aromatic rings. The van der Waals surface area contributed by atoms with Crippen molar-refractivity contribution in [3.8, 4) is 0 Å². The molecular weight excluding hydrogens is 240 g/mol. The van der Waals surface area contributed by atoms with Crippen LogP contribution in [0.3, 0.4) is 0 Å². The molecule has 4 nitrogen and oxygen atoms in total. The fourth-order valence-corrected chi connectivity index (χ4v) is 2.58. The summed E-state index contributed by atoms with van der Waals surface area (Å²) in [6.07, 6.45) is 3.24. The SMILES string of the molecule is CC(C)OCCCCNC(=O)C1(C(C)C)CCNC1. The maximum absolute atomic E-state index is 12.4. The van der Waals surface area contributed by atoms with Crippen LogP contribution in [0.2, 0.25) is 0 Å². The van der Waals surface area contributed by atoms with E-state index in [0.29, 0.717) is 12.0 Å². The fourth-order valence-electron chi connectivity index (χ4n) is 2.58. The van der Waals surface area contributed by atoms with Crippen LogP contribution in [0.25, 0.3) is 0 Å². The van der Waals surface area contributed by atoms with Crippen LogP contribution >= 0.6 is 0 Å². The second kappa shape index (κ2) is 7.85. The molecule has 1 heterocycles. The number of hydrogen-bond donors (Lipinski definition) is 2. The monoisotopic (exact) mass is 270 g/mol. The van der Waals surface area contributed by atoms with Gasteiger partial charge < -0.3 is 15.4 Å². The Bertz CT molecular complexity index is 271.